The fraction of sp³-hybridized carbons (Fsp3) is 0.333. The van der Waals surface area contributed by atoms with E-state index in [2.05, 4.69) is 15.7 Å². The molecule has 1 aromatic heterocycles. The van der Waals surface area contributed by atoms with Crippen LogP contribution in [0.2, 0.25) is 0 Å². The highest BCUT2D eigenvalue weighted by atomic mass is 16.3. The quantitative estimate of drug-likeness (QED) is 0.567. The van der Waals surface area contributed by atoms with Crippen molar-refractivity contribution in [2.75, 3.05) is 7.05 Å². The van der Waals surface area contributed by atoms with E-state index in [1.807, 2.05) is 18.2 Å². The van der Waals surface area contributed by atoms with E-state index in [1.165, 1.54) is 0 Å². The Balaban J connectivity index is 1.68. The first-order chi connectivity index (χ1) is 15.5. The summed E-state index contributed by atoms with van der Waals surface area (Å²) in [4.78, 5) is 37.7. The number of carbonyl (C=O) groups is 2. The zero-order valence-corrected chi connectivity index (χ0v) is 17.9. The lowest BCUT2D eigenvalue weighted by molar-refractivity contribution is 0.0711. The maximum absolute atomic E-state index is 13.0. The maximum atomic E-state index is 13.0. The SMILES string of the molecule is CNC(=O)c1ccc(Cn2nc(C(=O)NC3CCCC[C@@H]3O)c(=O)c3ccccc32)cc1. The number of fused-ring (bicyclic) bond motifs is 1. The number of hydrogen-bond donors (Lipinski definition) is 3. The van der Waals surface area contributed by atoms with Crippen LogP contribution < -0.4 is 16.1 Å². The summed E-state index contributed by atoms with van der Waals surface area (Å²) >= 11 is 0. The largest absolute Gasteiger partial charge is 0.391 e. The predicted molar refractivity (Wildman–Crippen MR) is 121 cm³/mol. The van der Waals surface area contributed by atoms with Crippen molar-refractivity contribution in [3.05, 3.63) is 75.6 Å². The normalized spacial score (nSPS) is 18.3. The molecule has 1 heterocycles. The molecule has 3 aromatic rings. The van der Waals surface area contributed by atoms with Gasteiger partial charge in [0.05, 0.1) is 24.2 Å². The van der Waals surface area contributed by atoms with Gasteiger partial charge in [-0.3, -0.25) is 19.1 Å². The van der Waals surface area contributed by atoms with Crippen molar-refractivity contribution in [1.82, 2.24) is 20.4 Å². The van der Waals surface area contributed by atoms with Gasteiger partial charge in [0.2, 0.25) is 5.43 Å². The molecule has 0 spiro atoms. The number of benzene rings is 2. The van der Waals surface area contributed by atoms with Gasteiger partial charge in [-0.2, -0.15) is 5.10 Å². The fourth-order valence-electron chi connectivity index (χ4n) is 4.10. The first-order valence-electron chi connectivity index (χ1n) is 10.8. The number of carbonyl (C=O) groups excluding carboxylic acids is 2. The lowest BCUT2D eigenvalue weighted by atomic mass is 9.92. The van der Waals surface area contributed by atoms with Crippen molar-refractivity contribution in [3.63, 3.8) is 0 Å². The van der Waals surface area contributed by atoms with Gasteiger partial charge < -0.3 is 15.7 Å². The summed E-state index contributed by atoms with van der Waals surface area (Å²) in [5, 5.41) is 20.4. The van der Waals surface area contributed by atoms with Crippen molar-refractivity contribution < 1.29 is 14.7 Å². The number of amides is 2. The van der Waals surface area contributed by atoms with Crippen LogP contribution in [-0.2, 0) is 6.54 Å². The third kappa shape index (κ3) is 4.40. The molecule has 1 aliphatic rings. The highest BCUT2D eigenvalue weighted by molar-refractivity contribution is 5.95. The molecule has 1 fully saturated rings. The lowest BCUT2D eigenvalue weighted by Crippen LogP contribution is -2.46. The molecular weight excluding hydrogens is 408 g/mol. The van der Waals surface area contributed by atoms with E-state index in [-0.39, 0.29) is 17.6 Å². The van der Waals surface area contributed by atoms with Crippen LogP contribution in [0.3, 0.4) is 0 Å². The third-order valence-corrected chi connectivity index (χ3v) is 5.90. The molecule has 0 bridgehead atoms. The second kappa shape index (κ2) is 9.32. The first kappa shape index (κ1) is 21.7. The number of aromatic nitrogens is 2. The molecule has 166 valence electrons. The van der Waals surface area contributed by atoms with E-state index in [4.69, 9.17) is 0 Å². The van der Waals surface area contributed by atoms with Gasteiger partial charge >= 0.3 is 0 Å². The van der Waals surface area contributed by atoms with Gasteiger partial charge in [0.25, 0.3) is 11.8 Å². The van der Waals surface area contributed by atoms with Crippen LogP contribution >= 0.6 is 0 Å². The van der Waals surface area contributed by atoms with Crippen molar-refractivity contribution in [3.8, 4) is 0 Å². The number of hydrogen-bond acceptors (Lipinski definition) is 5. The van der Waals surface area contributed by atoms with Crippen LogP contribution in [0.1, 0.15) is 52.1 Å². The van der Waals surface area contributed by atoms with Gasteiger partial charge in [-0.05, 0) is 42.7 Å². The molecular formula is C24H26N4O4. The maximum Gasteiger partial charge on any atom is 0.276 e. The summed E-state index contributed by atoms with van der Waals surface area (Å²) in [5.41, 5.74) is 1.40. The minimum absolute atomic E-state index is 0.174. The smallest absolute Gasteiger partial charge is 0.276 e. The highest BCUT2D eigenvalue weighted by Gasteiger charge is 2.27. The standard InChI is InChI=1S/C24H26N4O4/c1-25-23(31)16-12-10-15(11-13-16)14-28-19-8-4-2-6-17(19)22(30)21(27-28)24(32)26-18-7-3-5-9-20(18)29/h2,4,6,8,10-13,18,20,29H,3,5,7,9,14H2,1H3,(H,25,31)(H,26,32)/t18?,20-/m0/s1. The molecule has 32 heavy (non-hydrogen) atoms. The van der Waals surface area contributed by atoms with E-state index >= 15 is 0 Å². The Morgan fingerprint density at radius 2 is 1.78 bits per heavy atom. The number of para-hydroxylation sites is 1. The molecule has 8 nitrogen and oxygen atoms in total. The summed E-state index contributed by atoms with van der Waals surface area (Å²) in [7, 11) is 1.57. The van der Waals surface area contributed by atoms with Gasteiger partial charge in [-0.1, -0.05) is 37.1 Å². The monoisotopic (exact) mass is 434 g/mol. The van der Waals surface area contributed by atoms with Crippen molar-refractivity contribution in [2.24, 2.45) is 0 Å². The van der Waals surface area contributed by atoms with Crippen LogP contribution in [-0.4, -0.2) is 45.9 Å². The Bertz CT molecular complexity index is 1200. The minimum Gasteiger partial charge on any atom is -0.391 e. The fourth-order valence-corrected chi connectivity index (χ4v) is 4.10. The predicted octanol–water partition coefficient (Wildman–Crippen LogP) is 1.84. The molecule has 1 unspecified atom stereocenters. The van der Waals surface area contributed by atoms with E-state index in [0.29, 0.717) is 35.9 Å². The van der Waals surface area contributed by atoms with Gasteiger partial charge in [0, 0.05) is 18.0 Å². The van der Waals surface area contributed by atoms with Gasteiger partial charge in [-0.15, -0.1) is 0 Å². The third-order valence-electron chi connectivity index (χ3n) is 5.90. The summed E-state index contributed by atoms with van der Waals surface area (Å²) in [5.74, 6) is -0.747. The summed E-state index contributed by atoms with van der Waals surface area (Å²) in [6.07, 6.45) is 2.53. The molecule has 3 N–H and O–H groups in total. The summed E-state index contributed by atoms with van der Waals surface area (Å²) in [6, 6.07) is 13.7. The molecule has 2 aromatic carbocycles. The highest BCUT2D eigenvalue weighted by Crippen LogP contribution is 2.19. The van der Waals surface area contributed by atoms with E-state index in [0.717, 1.165) is 18.4 Å². The molecule has 0 aliphatic heterocycles. The van der Waals surface area contributed by atoms with Crippen molar-refractivity contribution in [1.29, 1.82) is 0 Å². The Kier molecular flexibility index (Phi) is 6.32. The van der Waals surface area contributed by atoms with Crippen molar-refractivity contribution in [2.45, 2.75) is 44.4 Å². The number of rotatable bonds is 5. The number of aliphatic hydroxyl groups excluding tert-OH is 1. The number of nitrogens with one attached hydrogen (secondary N) is 2. The second-order valence-electron chi connectivity index (χ2n) is 8.06. The summed E-state index contributed by atoms with van der Waals surface area (Å²) < 4.78 is 1.62. The van der Waals surface area contributed by atoms with E-state index < -0.39 is 17.4 Å². The zero-order valence-electron chi connectivity index (χ0n) is 17.9. The molecule has 0 radical (unpaired) electrons. The Hall–Kier alpha value is -3.52. The van der Waals surface area contributed by atoms with Crippen LogP contribution in [0.25, 0.3) is 10.9 Å². The Morgan fingerprint density at radius 3 is 2.50 bits per heavy atom. The zero-order chi connectivity index (χ0) is 22.7. The topological polar surface area (TPSA) is 113 Å². The molecule has 0 saturated heterocycles. The Labute approximate surface area is 185 Å². The number of aliphatic hydroxyl groups is 1. The average molecular weight is 434 g/mol. The number of nitrogens with zero attached hydrogens (tertiary/aromatic N) is 2. The first-order valence-corrected chi connectivity index (χ1v) is 10.8. The van der Waals surface area contributed by atoms with Crippen LogP contribution in [0, 0.1) is 0 Å². The summed E-state index contributed by atoms with van der Waals surface area (Å²) in [6.45, 7) is 0.321. The molecule has 4 rings (SSSR count). The Morgan fingerprint density at radius 1 is 1.06 bits per heavy atom. The van der Waals surface area contributed by atoms with Gasteiger partial charge in [0.15, 0.2) is 5.69 Å². The van der Waals surface area contributed by atoms with Gasteiger partial charge in [-0.25, -0.2) is 0 Å². The minimum atomic E-state index is -0.616. The van der Waals surface area contributed by atoms with Gasteiger partial charge in [0.1, 0.15) is 0 Å². The van der Waals surface area contributed by atoms with Crippen molar-refractivity contribution >= 4 is 22.7 Å². The van der Waals surface area contributed by atoms with Crippen LogP contribution in [0.15, 0.2) is 53.3 Å². The van der Waals surface area contributed by atoms with Crippen LogP contribution in [0.4, 0.5) is 0 Å². The molecule has 2 atom stereocenters. The molecule has 2 amide bonds. The molecule has 8 heteroatoms. The average Bonchev–Trinajstić information content (AvgIpc) is 2.82. The van der Waals surface area contributed by atoms with E-state index in [1.54, 1.807) is 42.1 Å². The molecule has 1 saturated carbocycles. The van der Waals surface area contributed by atoms with Crippen LogP contribution in [0.5, 0.6) is 0 Å². The second-order valence-corrected chi connectivity index (χ2v) is 8.06. The van der Waals surface area contributed by atoms with E-state index in [9.17, 15) is 19.5 Å². The lowest BCUT2D eigenvalue weighted by Gasteiger charge is -2.28. The molecule has 1 aliphatic carbocycles.